The summed E-state index contributed by atoms with van der Waals surface area (Å²) in [6.45, 7) is -11.5. The number of benzene rings is 2. The molecule has 1 saturated heterocycles. The molecule has 2 N–H and O–H groups in total. The van der Waals surface area contributed by atoms with Crippen molar-refractivity contribution in [2.24, 2.45) is 0 Å². The Morgan fingerprint density at radius 3 is 2.76 bits per heavy atom. The number of nitrogens with zero attached hydrogens (tertiary/aromatic N) is 4. The van der Waals surface area contributed by atoms with E-state index in [-0.39, 0.29) is 22.1 Å². The minimum Gasteiger partial charge on any atom is -0.493 e. The molecular formula is C23H25N5O5. The van der Waals surface area contributed by atoms with E-state index in [1.54, 1.807) is 0 Å². The van der Waals surface area contributed by atoms with Crippen LogP contribution in [0.2, 0.25) is 2.82 Å². The highest BCUT2D eigenvalue weighted by Crippen LogP contribution is 2.34. The molecule has 2 aromatic carbocycles. The Morgan fingerprint density at radius 2 is 2.00 bits per heavy atom. The maximum atomic E-state index is 13.8. The molecule has 0 spiro atoms. The van der Waals surface area contributed by atoms with Gasteiger partial charge in [-0.1, -0.05) is 12.1 Å². The summed E-state index contributed by atoms with van der Waals surface area (Å²) >= 11 is 0. The minimum absolute atomic E-state index is 0.0274. The van der Waals surface area contributed by atoms with Crippen LogP contribution in [0.4, 0.5) is 11.8 Å². The Hall–Kier alpha value is -3.95. The highest BCUT2D eigenvalue weighted by atomic mass is 16.6. The van der Waals surface area contributed by atoms with Crippen LogP contribution >= 0.6 is 0 Å². The van der Waals surface area contributed by atoms with E-state index in [4.69, 9.17) is 42.3 Å². The zero-order valence-electron chi connectivity index (χ0n) is 33.5. The number of carbonyl (C=O) groups is 1. The van der Waals surface area contributed by atoms with Gasteiger partial charge in [0.15, 0.2) is 25.8 Å². The summed E-state index contributed by atoms with van der Waals surface area (Å²) in [4.78, 5) is 22.6. The third kappa shape index (κ3) is 3.88. The van der Waals surface area contributed by atoms with Gasteiger partial charge in [0.2, 0.25) is 12.0 Å². The van der Waals surface area contributed by atoms with Crippen LogP contribution in [0.5, 0.6) is 23.0 Å². The number of rotatable bonds is 5. The summed E-state index contributed by atoms with van der Waals surface area (Å²) in [6, 6.07) is 3.45. The quantitative estimate of drug-likeness (QED) is 0.598. The van der Waals surface area contributed by atoms with E-state index in [0.717, 1.165) is 4.90 Å². The number of ether oxygens (including phenoxy) is 4. The molecule has 0 radical (unpaired) electrons. The highest BCUT2D eigenvalue weighted by molar-refractivity contribution is 5.91. The smallest absolute Gasteiger partial charge is 0.267 e. The standard InChI is InChI=1S/C23H25N5O5/c1-30-18-11-14-15(12-19(18)31-2)25-23(26-21(14)24)28-9-7-27(8-10-28)22(29)20-13-32-16-5-3-4-6-17(16)33-20/h3-6,11-12,20H,7-10,13H2,1-2H3,(H2,24,25,26)/i1D3,2D3,7D2,8D2,11D,12D,13D2,20D/hD2. The minimum atomic E-state index is -3.36. The van der Waals surface area contributed by atoms with Crippen LogP contribution in [0, 0.1) is 0 Å². The second-order valence-electron chi connectivity index (χ2n) is 6.58. The maximum absolute atomic E-state index is 13.8. The Balaban J connectivity index is 1.62. The molecule has 1 aromatic heterocycles. The van der Waals surface area contributed by atoms with Crippen molar-refractivity contribution in [3.05, 3.63) is 36.4 Å². The van der Waals surface area contributed by atoms with E-state index in [2.05, 4.69) is 9.97 Å². The van der Waals surface area contributed by atoms with Gasteiger partial charge in [0.25, 0.3) is 5.91 Å². The molecule has 10 heteroatoms. The summed E-state index contributed by atoms with van der Waals surface area (Å²) in [5.41, 5.74) is -0.886. The van der Waals surface area contributed by atoms with Gasteiger partial charge in [-0.05, 0) is 18.2 Å². The van der Waals surface area contributed by atoms with Crippen molar-refractivity contribution in [1.29, 1.82) is 0 Å². The van der Waals surface area contributed by atoms with E-state index in [9.17, 15) is 4.79 Å². The number of aromatic nitrogens is 2. The van der Waals surface area contributed by atoms with E-state index in [1.807, 2.05) is 0 Å². The summed E-state index contributed by atoms with van der Waals surface area (Å²) in [5, 5.41) is -0.658. The molecule has 10 nitrogen and oxygen atoms in total. The first-order chi connectivity index (χ1) is 22.7. The number of methoxy groups -OCH3 is 2. The molecule has 3 aromatic rings. The van der Waals surface area contributed by atoms with Crippen molar-refractivity contribution in [1.82, 2.24) is 14.9 Å². The van der Waals surface area contributed by atoms with Gasteiger partial charge in [-0.15, -0.1) is 0 Å². The van der Waals surface area contributed by atoms with Gasteiger partial charge in [0, 0.05) is 37.5 Å². The lowest BCUT2D eigenvalue weighted by Crippen LogP contribution is -2.54. The summed E-state index contributed by atoms with van der Waals surface area (Å²) in [7, 11) is -6.61. The van der Waals surface area contributed by atoms with E-state index < -0.39 is 105 Å². The molecule has 33 heavy (non-hydrogen) atoms. The maximum Gasteiger partial charge on any atom is 0.267 e. The Bertz CT molecular complexity index is 1840. The molecular weight excluding hydrogens is 426 g/mol. The molecule has 0 aliphatic carbocycles. The Morgan fingerprint density at radius 1 is 1.24 bits per heavy atom. The molecule has 1 atom stereocenters. The third-order valence-corrected chi connectivity index (χ3v) is 4.59. The van der Waals surface area contributed by atoms with Crippen LogP contribution in [-0.2, 0) is 4.79 Å². The summed E-state index contributed by atoms with van der Waals surface area (Å²) in [5.74, 6) is -5.88. The topological polar surface area (TPSA) is 112 Å². The average molecular weight is 469 g/mol. The molecule has 1 fully saturated rings. The fourth-order valence-electron chi connectivity index (χ4n) is 3.01. The number of hydrogen-bond acceptors (Lipinski definition) is 9. The lowest BCUT2D eigenvalue weighted by molar-refractivity contribution is -0.141. The average Bonchev–Trinajstić information content (AvgIpc) is 2.94. The SMILES string of the molecule is [2H]c1c(OC([2H])([2H])[2H])c(OC([2H])([2H])[2H])c([2H])c2c(N([2H])[2H])nc(N3CC([2H])([2H])N(C(=O)C4([2H])Oc5ccccc5OC4([2H])[2H])C([2H])([2H])C3)nc12. The van der Waals surface area contributed by atoms with Crippen molar-refractivity contribution >= 4 is 28.6 Å². The fourth-order valence-corrected chi connectivity index (χ4v) is 3.01. The van der Waals surface area contributed by atoms with Crippen LogP contribution in [-0.4, -0.2) is 73.6 Å². The van der Waals surface area contributed by atoms with Gasteiger partial charge >= 0.3 is 0 Å². The number of nitrogens with two attached hydrogens (primary N) is 1. The lowest BCUT2D eigenvalue weighted by Gasteiger charge is -2.37. The Kier molecular flexibility index (Phi) is 2.36. The van der Waals surface area contributed by atoms with Gasteiger partial charge in [0.05, 0.1) is 40.2 Å². The number of nitrogen functional groups attached to an aromatic ring is 1. The molecule has 0 bridgehead atoms. The van der Waals surface area contributed by atoms with E-state index >= 15 is 0 Å². The van der Waals surface area contributed by atoms with Crippen molar-refractivity contribution in [2.45, 2.75) is 6.08 Å². The predicted molar refractivity (Wildman–Crippen MR) is 122 cm³/mol. The van der Waals surface area contributed by atoms with Gasteiger partial charge in [-0.25, -0.2) is 4.98 Å². The van der Waals surface area contributed by atoms with Crippen LogP contribution in [0.1, 0.15) is 20.6 Å². The molecule has 2 aliphatic heterocycles. The number of hydrogen-bond donors (Lipinski definition) is 1. The molecule has 3 heterocycles. The zero-order chi connectivity index (χ0) is 37.6. The fraction of sp³-hybridized carbons (Fsp3) is 0.348. The van der Waals surface area contributed by atoms with Crippen LogP contribution in [0.25, 0.3) is 10.9 Å². The first-order valence-corrected chi connectivity index (χ1v) is 9.27. The largest absolute Gasteiger partial charge is 0.493 e. The van der Waals surface area contributed by atoms with Gasteiger partial charge < -0.3 is 34.5 Å². The summed E-state index contributed by atoms with van der Waals surface area (Å²) in [6.07, 6.45) is -3.36. The second kappa shape index (κ2) is 8.53. The van der Waals surface area contributed by atoms with Gasteiger partial charge in [0.1, 0.15) is 12.4 Å². The highest BCUT2D eigenvalue weighted by Gasteiger charge is 2.33. The molecule has 172 valence electrons. The van der Waals surface area contributed by atoms with Crippen molar-refractivity contribution in [2.75, 3.05) is 57.3 Å². The molecule has 1 unspecified atom stereocenters. The first kappa shape index (κ1) is 9.12. The third-order valence-electron chi connectivity index (χ3n) is 4.59. The summed E-state index contributed by atoms with van der Waals surface area (Å²) < 4.78 is 158. The zero-order valence-corrected chi connectivity index (χ0v) is 16.5. The van der Waals surface area contributed by atoms with Crippen molar-refractivity contribution in [3.63, 3.8) is 0 Å². The number of fused-ring (bicyclic) bond motifs is 2. The molecule has 5 rings (SSSR count). The number of carbonyl (C=O) groups excluding carboxylic acids is 1. The van der Waals surface area contributed by atoms with E-state index in [1.165, 1.54) is 24.3 Å². The number of anilines is 2. The molecule has 2 aliphatic rings. The van der Waals surface area contributed by atoms with Crippen LogP contribution in [0.15, 0.2) is 36.4 Å². The van der Waals surface area contributed by atoms with Crippen molar-refractivity contribution < 1.29 is 47.1 Å². The number of amides is 1. The van der Waals surface area contributed by atoms with Gasteiger partial charge in [-0.2, -0.15) is 4.98 Å². The van der Waals surface area contributed by atoms with Crippen LogP contribution < -0.4 is 29.6 Å². The second-order valence-corrected chi connectivity index (χ2v) is 6.58. The molecule has 0 saturated carbocycles. The van der Waals surface area contributed by atoms with E-state index in [0.29, 0.717) is 0 Å². The van der Waals surface area contributed by atoms with Crippen LogP contribution in [0.3, 0.4) is 0 Å². The monoisotopic (exact) mass is 468 g/mol. The Labute approximate surface area is 214 Å². The van der Waals surface area contributed by atoms with Crippen molar-refractivity contribution in [3.8, 4) is 23.0 Å². The predicted octanol–water partition coefficient (Wildman–Crippen LogP) is 1.72. The lowest BCUT2D eigenvalue weighted by atomic mass is 10.2. The van der Waals surface area contributed by atoms with Gasteiger partial charge in [-0.3, -0.25) is 4.79 Å². The first-order valence-electron chi connectivity index (χ1n) is 17.7. The number of piperazine rings is 1. The molecule has 1 amide bonds. The normalized spacial score (nSPS) is 32.7. The number of para-hydroxylation sites is 2.